The van der Waals surface area contributed by atoms with Gasteiger partial charge in [-0.25, -0.2) is 0 Å². The van der Waals surface area contributed by atoms with E-state index in [0.29, 0.717) is 0 Å². The Morgan fingerprint density at radius 3 is 3.40 bits per heavy atom. The fraction of sp³-hybridized carbons (Fsp3) is 0.556. The summed E-state index contributed by atoms with van der Waals surface area (Å²) in [6.45, 7) is 3.21. The summed E-state index contributed by atoms with van der Waals surface area (Å²) >= 11 is 0. The van der Waals surface area contributed by atoms with E-state index in [1.54, 1.807) is 0 Å². The molecule has 0 aliphatic heterocycles. The van der Waals surface area contributed by atoms with Crippen molar-refractivity contribution < 1.29 is 0 Å². The lowest BCUT2D eigenvalue weighted by Crippen LogP contribution is -2.14. The molecule has 10 heavy (non-hydrogen) atoms. The molecule has 2 aliphatic rings. The van der Waals surface area contributed by atoms with Crippen molar-refractivity contribution in [2.24, 2.45) is 11.8 Å². The minimum absolute atomic E-state index is 0.852. The molecule has 0 aromatic rings. The van der Waals surface area contributed by atoms with Crippen LogP contribution in [0.3, 0.4) is 0 Å². The molecule has 2 aliphatic carbocycles. The van der Waals surface area contributed by atoms with E-state index in [4.69, 9.17) is 0 Å². The number of hydrogen-bond acceptors (Lipinski definition) is 1. The van der Waals surface area contributed by atoms with Crippen molar-refractivity contribution in [2.45, 2.75) is 13.3 Å². The number of rotatable bonds is 2. The summed E-state index contributed by atoms with van der Waals surface area (Å²) in [6, 6.07) is 0. The Morgan fingerprint density at radius 2 is 2.60 bits per heavy atom. The summed E-state index contributed by atoms with van der Waals surface area (Å²) in [4.78, 5) is 0. The summed E-state index contributed by atoms with van der Waals surface area (Å²) in [6.07, 6.45) is 8.06. The van der Waals surface area contributed by atoms with Gasteiger partial charge < -0.3 is 5.32 Å². The molecule has 0 aromatic carbocycles. The van der Waals surface area contributed by atoms with Crippen molar-refractivity contribution in [1.29, 1.82) is 0 Å². The van der Waals surface area contributed by atoms with Crippen LogP contribution in [0.4, 0.5) is 0 Å². The van der Waals surface area contributed by atoms with Gasteiger partial charge in [0.25, 0.3) is 0 Å². The Morgan fingerprint density at radius 1 is 1.70 bits per heavy atom. The van der Waals surface area contributed by atoms with Gasteiger partial charge in [-0.2, -0.15) is 0 Å². The molecule has 0 aromatic heterocycles. The van der Waals surface area contributed by atoms with Crippen LogP contribution in [0.25, 0.3) is 0 Å². The second-order valence-corrected chi connectivity index (χ2v) is 3.04. The average Bonchev–Trinajstić information content (AvgIpc) is 2.67. The lowest BCUT2D eigenvalue weighted by molar-refractivity contribution is 0.745. The molecular weight excluding hydrogens is 122 g/mol. The third-order valence-electron chi connectivity index (χ3n) is 2.25. The molecule has 2 atom stereocenters. The molecule has 0 bridgehead atoms. The predicted octanol–water partition coefficient (Wildman–Crippen LogP) is 1.69. The van der Waals surface area contributed by atoms with Gasteiger partial charge in [-0.3, -0.25) is 0 Å². The highest BCUT2D eigenvalue weighted by molar-refractivity contribution is 5.28. The fourth-order valence-corrected chi connectivity index (χ4v) is 1.60. The van der Waals surface area contributed by atoms with Gasteiger partial charge >= 0.3 is 0 Å². The van der Waals surface area contributed by atoms with Crippen LogP contribution in [0.1, 0.15) is 13.3 Å². The monoisotopic (exact) mass is 135 g/mol. The van der Waals surface area contributed by atoms with Crippen LogP contribution in [-0.4, -0.2) is 6.54 Å². The number of hydrogen-bond donors (Lipinski definition) is 1. The Balaban J connectivity index is 2.05. The van der Waals surface area contributed by atoms with Crippen LogP contribution in [0.2, 0.25) is 0 Å². The van der Waals surface area contributed by atoms with Crippen molar-refractivity contribution in [3.05, 3.63) is 23.9 Å². The van der Waals surface area contributed by atoms with Gasteiger partial charge in [0.2, 0.25) is 0 Å². The van der Waals surface area contributed by atoms with Crippen LogP contribution in [-0.2, 0) is 0 Å². The predicted molar refractivity (Wildman–Crippen MR) is 42.5 cm³/mol. The van der Waals surface area contributed by atoms with E-state index in [0.717, 1.165) is 18.4 Å². The van der Waals surface area contributed by atoms with Crippen molar-refractivity contribution in [3.8, 4) is 0 Å². The first-order valence-electron chi connectivity index (χ1n) is 4.04. The molecule has 1 heteroatoms. The van der Waals surface area contributed by atoms with Gasteiger partial charge in [0.05, 0.1) is 0 Å². The fourth-order valence-electron chi connectivity index (χ4n) is 1.60. The van der Waals surface area contributed by atoms with Gasteiger partial charge in [-0.15, -0.1) is 0 Å². The molecule has 1 nitrogen and oxygen atoms in total. The van der Waals surface area contributed by atoms with Crippen molar-refractivity contribution in [1.82, 2.24) is 5.32 Å². The highest BCUT2D eigenvalue weighted by Crippen LogP contribution is 2.46. The maximum absolute atomic E-state index is 3.39. The quantitative estimate of drug-likeness (QED) is 0.607. The Kier molecular flexibility index (Phi) is 1.30. The van der Waals surface area contributed by atoms with Gasteiger partial charge in [0, 0.05) is 18.2 Å². The average molecular weight is 135 g/mol. The second kappa shape index (κ2) is 2.15. The van der Waals surface area contributed by atoms with E-state index in [1.165, 1.54) is 12.1 Å². The summed E-state index contributed by atoms with van der Waals surface area (Å²) in [5.74, 6) is 1.73. The zero-order valence-corrected chi connectivity index (χ0v) is 6.30. The molecule has 0 radical (unpaired) electrons. The Labute approximate surface area is 61.8 Å². The normalized spacial score (nSPS) is 34.7. The lowest BCUT2D eigenvalue weighted by atomic mass is 10.1. The molecule has 54 valence electrons. The molecule has 0 amide bonds. The lowest BCUT2D eigenvalue weighted by Gasteiger charge is -2.08. The van der Waals surface area contributed by atoms with Gasteiger partial charge in [0.15, 0.2) is 0 Å². The van der Waals surface area contributed by atoms with Gasteiger partial charge in [0.1, 0.15) is 0 Å². The van der Waals surface area contributed by atoms with E-state index in [9.17, 15) is 0 Å². The van der Waals surface area contributed by atoms with E-state index in [1.807, 2.05) is 0 Å². The van der Waals surface area contributed by atoms with Crippen LogP contribution < -0.4 is 5.32 Å². The maximum Gasteiger partial charge on any atom is 0.0144 e. The standard InChI is InChI=1S/C9H13N/c1-2-10-9-5-3-4-7-6-8(7)9/h3-5,7-8,10H,2,6H2,1H3. The zero-order chi connectivity index (χ0) is 6.97. The third-order valence-corrected chi connectivity index (χ3v) is 2.25. The molecule has 2 rings (SSSR count). The second-order valence-electron chi connectivity index (χ2n) is 3.04. The molecule has 1 N–H and O–H groups in total. The van der Waals surface area contributed by atoms with Crippen molar-refractivity contribution in [3.63, 3.8) is 0 Å². The minimum Gasteiger partial charge on any atom is -0.388 e. The van der Waals surface area contributed by atoms with E-state index >= 15 is 0 Å². The number of fused-ring (bicyclic) bond motifs is 1. The molecule has 0 heterocycles. The Bertz CT molecular complexity index is 191. The van der Waals surface area contributed by atoms with E-state index in [2.05, 4.69) is 30.5 Å². The van der Waals surface area contributed by atoms with Crippen LogP contribution in [0.5, 0.6) is 0 Å². The van der Waals surface area contributed by atoms with Crippen molar-refractivity contribution >= 4 is 0 Å². The summed E-state index contributed by atoms with van der Waals surface area (Å²) in [5, 5.41) is 3.39. The van der Waals surface area contributed by atoms with Crippen LogP contribution >= 0.6 is 0 Å². The van der Waals surface area contributed by atoms with Gasteiger partial charge in [-0.05, 0) is 25.3 Å². The molecule has 1 saturated carbocycles. The topological polar surface area (TPSA) is 12.0 Å². The van der Waals surface area contributed by atoms with Crippen LogP contribution in [0, 0.1) is 11.8 Å². The van der Waals surface area contributed by atoms with E-state index < -0.39 is 0 Å². The first-order chi connectivity index (χ1) is 4.92. The summed E-state index contributed by atoms with van der Waals surface area (Å²) < 4.78 is 0. The summed E-state index contributed by atoms with van der Waals surface area (Å²) in [7, 11) is 0. The highest BCUT2D eigenvalue weighted by Gasteiger charge is 2.38. The van der Waals surface area contributed by atoms with Crippen LogP contribution in [0.15, 0.2) is 23.9 Å². The molecule has 1 fully saturated rings. The first kappa shape index (κ1) is 6.02. The zero-order valence-electron chi connectivity index (χ0n) is 6.30. The smallest absolute Gasteiger partial charge is 0.0144 e. The number of allylic oxidation sites excluding steroid dienone is 4. The largest absolute Gasteiger partial charge is 0.388 e. The summed E-state index contributed by atoms with van der Waals surface area (Å²) in [5.41, 5.74) is 1.45. The SMILES string of the molecule is CCNC1=CC=CC2CC12. The minimum atomic E-state index is 0.852. The molecule has 0 saturated heterocycles. The molecule has 0 spiro atoms. The van der Waals surface area contributed by atoms with Crippen molar-refractivity contribution in [2.75, 3.05) is 6.54 Å². The van der Waals surface area contributed by atoms with E-state index in [-0.39, 0.29) is 0 Å². The molecule has 2 unspecified atom stereocenters. The van der Waals surface area contributed by atoms with Gasteiger partial charge in [-0.1, -0.05) is 12.2 Å². The molecular formula is C9H13N. The highest BCUT2D eigenvalue weighted by atomic mass is 14.9. The number of nitrogens with one attached hydrogen (secondary N) is 1. The third kappa shape index (κ3) is 0.859. The maximum atomic E-state index is 3.39. The first-order valence-corrected chi connectivity index (χ1v) is 4.04. The Hall–Kier alpha value is -0.720.